The zero-order valence-electron chi connectivity index (χ0n) is 51.3. The lowest BCUT2D eigenvalue weighted by atomic mass is 10.0. The van der Waals surface area contributed by atoms with Crippen LogP contribution in [-0.4, -0.2) is 69.4 Å². The summed E-state index contributed by atoms with van der Waals surface area (Å²) >= 11 is 0. The summed E-state index contributed by atoms with van der Waals surface area (Å²) in [5.74, 6) is -0.587. The van der Waals surface area contributed by atoms with Crippen molar-refractivity contribution in [2.75, 3.05) is 40.9 Å². The lowest BCUT2D eigenvalue weighted by molar-refractivity contribution is -0.870. The highest BCUT2D eigenvalue weighted by Crippen LogP contribution is 2.38. The van der Waals surface area contributed by atoms with Crippen molar-refractivity contribution in [1.82, 2.24) is 5.32 Å². The molecular weight excluding hydrogens is 988 g/mol. The van der Waals surface area contributed by atoms with E-state index in [-0.39, 0.29) is 24.9 Å². The maximum Gasteiger partial charge on any atom is 0.306 e. The van der Waals surface area contributed by atoms with Gasteiger partial charge in [-0.25, -0.2) is 0 Å². The highest BCUT2D eigenvalue weighted by atomic mass is 31.2. The first-order valence-corrected chi connectivity index (χ1v) is 33.5. The first kappa shape index (κ1) is 74.9. The van der Waals surface area contributed by atoms with Gasteiger partial charge < -0.3 is 28.5 Å². The van der Waals surface area contributed by atoms with Crippen LogP contribution in [0.2, 0.25) is 0 Å². The van der Waals surface area contributed by atoms with Gasteiger partial charge in [-0.2, -0.15) is 0 Å². The average molecular weight is 1110 g/mol. The average Bonchev–Trinajstić information content (AvgIpc) is 3.40. The molecule has 0 heterocycles. The first-order chi connectivity index (χ1) is 37.9. The molecule has 0 saturated heterocycles. The Morgan fingerprint density at radius 1 is 0.449 bits per heavy atom. The van der Waals surface area contributed by atoms with Crippen LogP contribution in [0.5, 0.6) is 0 Å². The summed E-state index contributed by atoms with van der Waals surface area (Å²) in [6, 6.07) is -0.911. The SMILES string of the molecule is CCCCC/C=C\C/C=C\C/C=C\C/C=C\CCCCCC(=O)OC(/C=C/CCCCCCCCCCCC)C(COP(=O)([O-])OCC[N+](C)(C)C)NC(=O)CCCCCCCCCC/C=C\C/C=C\C/C=C\CCCCC. The van der Waals surface area contributed by atoms with E-state index >= 15 is 0 Å². The Labute approximate surface area is 481 Å². The summed E-state index contributed by atoms with van der Waals surface area (Å²) in [6.45, 7) is 6.76. The number of hydrogen-bond donors (Lipinski definition) is 1. The van der Waals surface area contributed by atoms with Crippen LogP contribution in [0.1, 0.15) is 271 Å². The van der Waals surface area contributed by atoms with E-state index in [0.29, 0.717) is 23.9 Å². The lowest BCUT2D eigenvalue weighted by Crippen LogP contribution is -2.47. The van der Waals surface area contributed by atoms with Crippen molar-refractivity contribution in [1.29, 1.82) is 0 Å². The molecule has 0 bridgehead atoms. The topological polar surface area (TPSA) is 114 Å². The van der Waals surface area contributed by atoms with Crippen molar-refractivity contribution in [3.05, 3.63) is 97.2 Å². The number of ether oxygens (including phenoxy) is 1. The number of carbonyl (C=O) groups is 2. The van der Waals surface area contributed by atoms with Crippen molar-refractivity contribution in [3.8, 4) is 0 Å². The zero-order valence-corrected chi connectivity index (χ0v) is 52.2. The minimum Gasteiger partial charge on any atom is -0.756 e. The number of unbranched alkanes of at least 4 members (excludes halogenated alkanes) is 27. The van der Waals surface area contributed by atoms with Gasteiger partial charge in [0.1, 0.15) is 19.3 Å². The summed E-state index contributed by atoms with van der Waals surface area (Å²) < 4.78 is 30.3. The molecule has 1 N–H and O–H groups in total. The number of phosphoric acid groups is 1. The van der Waals surface area contributed by atoms with Crippen LogP contribution < -0.4 is 10.2 Å². The van der Waals surface area contributed by atoms with Crippen molar-refractivity contribution in [3.63, 3.8) is 0 Å². The molecule has 0 rings (SSSR count). The van der Waals surface area contributed by atoms with Gasteiger partial charge >= 0.3 is 5.97 Å². The van der Waals surface area contributed by atoms with Gasteiger partial charge in [-0.3, -0.25) is 14.2 Å². The number of carbonyl (C=O) groups excluding carboxylic acids is 2. The minimum atomic E-state index is -4.71. The molecule has 10 heteroatoms. The van der Waals surface area contributed by atoms with Crippen molar-refractivity contribution >= 4 is 19.7 Å². The predicted molar refractivity (Wildman–Crippen MR) is 334 cm³/mol. The molecule has 0 fully saturated rings. The van der Waals surface area contributed by atoms with Gasteiger partial charge in [0.15, 0.2) is 0 Å². The van der Waals surface area contributed by atoms with Crippen LogP contribution in [0.4, 0.5) is 0 Å². The molecule has 0 aliphatic heterocycles. The summed E-state index contributed by atoms with van der Waals surface area (Å²) in [5.41, 5.74) is 0. The Morgan fingerprint density at radius 2 is 0.782 bits per heavy atom. The third-order valence-electron chi connectivity index (χ3n) is 13.7. The van der Waals surface area contributed by atoms with Crippen molar-refractivity contribution in [2.45, 2.75) is 283 Å². The van der Waals surface area contributed by atoms with Crippen LogP contribution in [0.25, 0.3) is 0 Å². The third-order valence-corrected chi connectivity index (χ3v) is 14.7. The second-order valence-electron chi connectivity index (χ2n) is 22.6. The van der Waals surface area contributed by atoms with E-state index in [1.807, 2.05) is 33.3 Å². The number of allylic oxidation sites excluding steroid dienone is 15. The molecule has 0 spiro atoms. The number of likely N-dealkylation sites (N-methyl/N-ethyl adjacent to an activating group) is 1. The molecule has 450 valence electrons. The Hall–Kier alpha value is -3.07. The number of quaternary nitrogens is 1. The Morgan fingerprint density at radius 3 is 1.21 bits per heavy atom. The summed E-state index contributed by atoms with van der Waals surface area (Å²) in [4.78, 5) is 40.0. The normalized spacial score (nSPS) is 14.3. The van der Waals surface area contributed by atoms with Crippen LogP contribution >= 0.6 is 7.82 Å². The van der Waals surface area contributed by atoms with Crippen molar-refractivity contribution < 1.29 is 37.3 Å². The molecule has 0 aromatic rings. The second-order valence-corrected chi connectivity index (χ2v) is 24.0. The van der Waals surface area contributed by atoms with Crippen LogP contribution in [0, 0.1) is 0 Å². The van der Waals surface area contributed by atoms with E-state index in [0.717, 1.165) is 103 Å². The van der Waals surface area contributed by atoms with Crippen LogP contribution in [-0.2, 0) is 27.9 Å². The number of phosphoric ester groups is 1. The molecule has 0 aliphatic rings. The quantitative estimate of drug-likeness (QED) is 0.0212. The predicted octanol–water partition coefficient (Wildman–Crippen LogP) is 19.3. The van der Waals surface area contributed by atoms with Crippen LogP contribution in [0.3, 0.4) is 0 Å². The molecule has 0 radical (unpaired) electrons. The van der Waals surface area contributed by atoms with E-state index in [4.69, 9.17) is 13.8 Å². The highest BCUT2D eigenvalue weighted by Gasteiger charge is 2.27. The smallest absolute Gasteiger partial charge is 0.306 e. The van der Waals surface area contributed by atoms with Gasteiger partial charge in [0.25, 0.3) is 7.82 Å². The number of amides is 1. The molecule has 1 amide bonds. The molecule has 3 atom stereocenters. The third kappa shape index (κ3) is 57.6. The fourth-order valence-electron chi connectivity index (χ4n) is 8.75. The summed E-state index contributed by atoms with van der Waals surface area (Å²) in [5, 5.41) is 3.02. The molecule has 78 heavy (non-hydrogen) atoms. The Bertz CT molecular complexity index is 1660. The largest absolute Gasteiger partial charge is 0.756 e. The monoisotopic (exact) mass is 1110 g/mol. The molecule has 0 saturated carbocycles. The van der Waals surface area contributed by atoms with Gasteiger partial charge in [-0.05, 0) is 115 Å². The van der Waals surface area contributed by atoms with Crippen molar-refractivity contribution in [2.24, 2.45) is 0 Å². The molecule has 0 aromatic heterocycles. The standard InChI is InChI=1S/C68H121N2O7P/c1-7-10-13-16-19-22-25-28-30-32-34-35-37-38-40-42-45-48-51-54-57-60-67(71)69-65(64-76-78(73,74)75-63-62-70(4,5)6)66(59-56-53-50-47-44-27-24-21-18-15-12-9-3)77-68(72)61-58-55-52-49-46-43-41-39-36-33-31-29-26-23-20-17-14-11-8-2/h19-20,22-23,28-31,34-36,39,43,46,56,59,65-66H,7-18,21,24-27,32-33,37-38,40-42,44-45,47-55,57-58,60-64H2,1-6H3,(H-,69,71,73,74)/b22-19-,23-20-,30-28-,31-29-,35-34-,39-36-,46-43-,59-56+. The Kier molecular flexibility index (Phi) is 54.9. The number of hydrogen-bond acceptors (Lipinski definition) is 7. The lowest BCUT2D eigenvalue weighted by Gasteiger charge is -2.30. The second kappa shape index (κ2) is 57.2. The van der Waals surface area contributed by atoms with E-state index in [1.165, 1.54) is 128 Å². The minimum absolute atomic E-state index is 0.0336. The summed E-state index contributed by atoms with van der Waals surface area (Å²) in [7, 11) is 1.15. The fraction of sp³-hybridized carbons (Fsp3) is 0.735. The van der Waals surface area contributed by atoms with Gasteiger partial charge in [0.2, 0.25) is 5.91 Å². The van der Waals surface area contributed by atoms with E-state index in [9.17, 15) is 19.0 Å². The van der Waals surface area contributed by atoms with E-state index in [1.54, 1.807) is 0 Å². The van der Waals surface area contributed by atoms with Gasteiger partial charge in [0, 0.05) is 12.8 Å². The number of nitrogens with zero attached hydrogens (tertiary/aromatic N) is 1. The molecular formula is C68H121N2O7P. The molecule has 9 nitrogen and oxygen atoms in total. The number of nitrogens with one attached hydrogen (secondary N) is 1. The molecule has 0 aromatic carbocycles. The van der Waals surface area contributed by atoms with E-state index < -0.39 is 26.6 Å². The summed E-state index contributed by atoms with van der Waals surface area (Å²) in [6.07, 6.45) is 76.5. The molecule has 3 unspecified atom stereocenters. The van der Waals surface area contributed by atoms with Gasteiger partial charge in [0.05, 0.1) is 33.8 Å². The van der Waals surface area contributed by atoms with E-state index in [2.05, 4.69) is 111 Å². The first-order valence-electron chi connectivity index (χ1n) is 32.0. The zero-order chi connectivity index (χ0) is 57.2. The van der Waals surface area contributed by atoms with Crippen LogP contribution in [0.15, 0.2) is 97.2 Å². The maximum atomic E-state index is 13.5. The highest BCUT2D eigenvalue weighted by molar-refractivity contribution is 7.45. The van der Waals surface area contributed by atoms with Gasteiger partial charge in [-0.15, -0.1) is 0 Å². The van der Waals surface area contributed by atoms with Gasteiger partial charge in [-0.1, -0.05) is 240 Å². The fourth-order valence-corrected chi connectivity index (χ4v) is 9.47. The Balaban J connectivity index is 5.30. The number of esters is 1. The maximum absolute atomic E-state index is 13.5. The molecule has 0 aliphatic carbocycles. The number of rotatable bonds is 57.